The molecule has 1 heterocycles. The highest BCUT2D eigenvalue weighted by atomic mass is 32.2. The van der Waals surface area contributed by atoms with E-state index in [0.29, 0.717) is 6.10 Å². The van der Waals surface area contributed by atoms with Crippen molar-refractivity contribution >= 4 is 11.8 Å². The molecule has 0 saturated carbocycles. The van der Waals surface area contributed by atoms with Gasteiger partial charge in [0.15, 0.2) is 0 Å². The van der Waals surface area contributed by atoms with E-state index in [2.05, 4.69) is 13.0 Å². The number of rotatable bonds is 6. The van der Waals surface area contributed by atoms with Crippen LogP contribution >= 0.6 is 11.8 Å². The van der Waals surface area contributed by atoms with Crippen molar-refractivity contribution in [2.75, 3.05) is 12.4 Å². The lowest BCUT2D eigenvalue weighted by atomic mass is 10.2. The quantitative estimate of drug-likeness (QED) is 0.680. The molecule has 80 valence electrons. The van der Waals surface area contributed by atoms with Crippen LogP contribution in [0, 0.1) is 11.3 Å². The van der Waals surface area contributed by atoms with E-state index in [-0.39, 0.29) is 5.25 Å². The van der Waals surface area contributed by atoms with Crippen LogP contribution < -0.4 is 0 Å². The Morgan fingerprint density at radius 2 is 2.50 bits per heavy atom. The van der Waals surface area contributed by atoms with Gasteiger partial charge in [0.1, 0.15) is 0 Å². The van der Waals surface area contributed by atoms with Gasteiger partial charge in [0.25, 0.3) is 0 Å². The molecule has 0 radical (unpaired) electrons. The van der Waals surface area contributed by atoms with E-state index in [1.165, 1.54) is 19.3 Å². The van der Waals surface area contributed by atoms with Crippen molar-refractivity contribution in [2.45, 2.75) is 50.4 Å². The van der Waals surface area contributed by atoms with E-state index >= 15 is 0 Å². The van der Waals surface area contributed by atoms with Gasteiger partial charge in [0.2, 0.25) is 0 Å². The first kappa shape index (κ1) is 11.9. The summed E-state index contributed by atoms with van der Waals surface area (Å²) in [6.07, 6.45) is 6.16. The lowest BCUT2D eigenvalue weighted by Gasteiger charge is -2.11. The van der Waals surface area contributed by atoms with Crippen molar-refractivity contribution in [1.29, 1.82) is 5.26 Å². The Balaban J connectivity index is 2.10. The van der Waals surface area contributed by atoms with Crippen LogP contribution in [0.3, 0.4) is 0 Å². The van der Waals surface area contributed by atoms with Gasteiger partial charge in [-0.1, -0.05) is 19.8 Å². The smallest absolute Gasteiger partial charge is 0.0917 e. The number of unbranched alkanes of at least 4 members (excludes halogenated alkanes) is 1. The van der Waals surface area contributed by atoms with Gasteiger partial charge in [-0.2, -0.15) is 5.26 Å². The molecule has 0 amide bonds. The van der Waals surface area contributed by atoms with Crippen molar-refractivity contribution < 1.29 is 4.74 Å². The van der Waals surface area contributed by atoms with E-state index in [1.54, 1.807) is 11.8 Å². The number of thioether (sulfide) groups is 1. The molecule has 1 aliphatic rings. The van der Waals surface area contributed by atoms with Gasteiger partial charge < -0.3 is 4.74 Å². The predicted octanol–water partition coefficient (Wildman–Crippen LogP) is 2.98. The van der Waals surface area contributed by atoms with E-state index in [4.69, 9.17) is 10.00 Å². The van der Waals surface area contributed by atoms with Gasteiger partial charge in [0, 0.05) is 12.4 Å². The summed E-state index contributed by atoms with van der Waals surface area (Å²) in [6.45, 7) is 3.08. The molecular weight excluding hydrogens is 194 g/mol. The topological polar surface area (TPSA) is 33.0 Å². The minimum Gasteiger partial charge on any atom is -0.377 e. The molecule has 2 nitrogen and oxygen atoms in total. The molecule has 0 aliphatic carbocycles. The van der Waals surface area contributed by atoms with Gasteiger partial charge in [-0.25, -0.2) is 0 Å². The molecule has 2 atom stereocenters. The molecule has 1 rings (SSSR count). The van der Waals surface area contributed by atoms with Crippen molar-refractivity contribution in [1.82, 2.24) is 0 Å². The number of hydrogen-bond donors (Lipinski definition) is 0. The normalized spacial score (nSPS) is 23.3. The summed E-state index contributed by atoms with van der Waals surface area (Å²) in [6, 6.07) is 2.37. The largest absolute Gasteiger partial charge is 0.377 e. The van der Waals surface area contributed by atoms with Crippen LogP contribution in [0.25, 0.3) is 0 Å². The van der Waals surface area contributed by atoms with Crippen LogP contribution in [-0.2, 0) is 4.74 Å². The van der Waals surface area contributed by atoms with E-state index < -0.39 is 0 Å². The first-order valence-corrected chi connectivity index (χ1v) is 6.54. The fourth-order valence-corrected chi connectivity index (χ4v) is 2.69. The average molecular weight is 213 g/mol. The Morgan fingerprint density at radius 3 is 3.07 bits per heavy atom. The van der Waals surface area contributed by atoms with Crippen LogP contribution in [0.4, 0.5) is 0 Å². The number of nitrogens with zero attached hydrogens (tertiary/aromatic N) is 1. The zero-order chi connectivity index (χ0) is 10.2. The van der Waals surface area contributed by atoms with Gasteiger partial charge in [-0.15, -0.1) is 11.8 Å². The Morgan fingerprint density at radius 1 is 1.64 bits per heavy atom. The fraction of sp³-hybridized carbons (Fsp3) is 0.909. The summed E-state index contributed by atoms with van der Waals surface area (Å²) in [4.78, 5) is 0. The molecule has 1 fully saturated rings. The summed E-state index contributed by atoms with van der Waals surface area (Å²) >= 11 is 1.77. The first-order valence-electron chi connectivity index (χ1n) is 5.49. The summed E-state index contributed by atoms with van der Waals surface area (Å²) < 4.78 is 5.52. The molecule has 0 aromatic rings. The summed E-state index contributed by atoms with van der Waals surface area (Å²) in [5, 5.41) is 9.09. The molecule has 0 aromatic carbocycles. The van der Waals surface area contributed by atoms with Crippen molar-refractivity contribution in [3.63, 3.8) is 0 Å². The fourth-order valence-electron chi connectivity index (χ4n) is 1.57. The Kier molecular flexibility index (Phi) is 6.05. The third-order valence-electron chi connectivity index (χ3n) is 2.47. The molecule has 0 bridgehead atoms. The Labute approximate surface area is 91.0 Å². The summed E-state index contributed by atoms with van der Waals surface area (Å²) in [5.74, 6) is 1.00. The number of nitriles is 1. The molecule has 1 saturated heterocycles. The van der Waals surface area contributed by atoms with E-state index in [1.807, 2.05) is 0 Å². The highest BCUT2D eigenvalue weighted by Gasteiger charge is 2.17. The molecule has 3 heteroatoms. The van der Waals surface area contributed by atoms with E-state index in [0.717, 1.165) is 25.2 Å². The van der Waals surface area contributed by atoms with Crippen LogP contribution in [0.5, 0.6) is 0 Å². The van der Waals surface area contributed by atoms with Crippen LogP contribution in [-0.4, -0.2) is 23.7 Å². The van der Waals surface area contributed by atoms with Crippen LogP contribution in [0.1, 0.15) is 39.0 Å². The second-order valence-corrected chi connectivity index (χ2v) is 4.96. The third-order valence-corrected chi connectivity index (χ3v) is 3.78. The van der Waals surface area contributed by atoms with Gasteiger partial charge in [0.05, 0.1) is 17.4 Å². The minimum atomic E-state index is 0.180. The molecule has 0 aromatic heterocycles. The first-order chi connectivity index (χ1) is 6.86. The maximum absolute atomic E-state index is 8.91. The Bertz CT molecular complexity index is 184. The second kappa shape index (κ2) is 7.14. The number of ether oxygens (including phenoxy) is 1. The van der Waals surface area contributed by atoms with Crippen molar-refractivity contribution in [3.8, 4) is 6.07 Å². The molecular formula is C11H19NOS. The zero-order valence-electron chi connectivity index (χ0n) is 8.87. The average Bonchev–Trinajstić information content (AvgIpc) is 2.71. The molecule has 2 unspecified atom stereocenters. The summed E-state index contributed by atoms with van der Waals surface area (Å²) in [5.41, 5.74) is 0. The predicted molar refractivity (Wildman–Crippen MR) is 60.4 cm³/mol. The molecule has 14 heavy (non-hydrogen) atoms. The highest BCUT2D eigenvalue weighted by Crippen LogP contribution is 2.22. The van der Waals surface area contributed by atoms with E-state index in [9.17, 15) is 0 Å². The van der Waals surface area contributed by atoms with Gasteiger partial charge in [-0.05, 0) is 19.3 Å². The maximum Gasteiger partial charge on any atom is 0.0917 e. The zero-order valence-corrected chi connectivity index (χ0v) is 9.68. The maximum atomic E-state index is 8.91. The third kappa shape index (κ3) is 4.34. The highest BCUT2D eigenvalue weighted by molar-refractivity contribution is 8.00. The lowest BCUT2D eigenvalue weighted by molar-refractivity contribution is 0.129. The minimum absolute atomic E-state index is 0.180. The summed E-state index contributed by atoms with van der Waals surface area (Å²) in [7, 11) is 0. The van der Waals surface area contributed by atoms with Crippen molar-refractivity contribution in [3.05, 3.63) is 0 Å². The van der Waals surface area contributed by atoms with Crippen molar-refractivity contribution in [2.24, 2.45) is 0 Å². The molecule has 0 spiro atoms. The monoisotopic (exact) mass is 213 g/mol. The lowest BCUT2D eigenvalue weighted by Crippen LogP contribution is -2.11. The number of hydrogen-bond acceptors (Lipinski definition) is 3. The van der Waals surface area contributed by atoms with Crippen LogP contribution in [0.2, 0.25) is 0 Å². The SMILES string of the molecule is CCCCC(C#N)SCC1CCCO1. The second-order valence-electron chi connectivity index (χ2n) is 3.73. The molecule has 0 N–H and O–H groups in total. The molecule has 1 aliphatic heterocycles. The van der Waals surface area contributed by atoms with Gasteiger partial charge in [-0.3, -0.25) is 0 Å². The van der Waals surface area contributed by atoms with Gasteiger partial charge >= 0.3 is 0 Å². The van der Waals surface area contributed by atoms with Crippen LogP contribution in [0.15, 0.2) is 0 Å². The standard InChI is InChI=1S/C11H19NOS/c1-2-3-6-11(8-12)14-9-10-5-4-7-13-10/h10-11H,2-7,9H2,1H3. The Hall–Kier alpha value is -0.200.